The van der Waals surface area contributed by atoms with Gasteiger partial charge in [0.2, 0.25) is 0 Å². The van der Waals surface area contributed by atoms with Gasteiger partial charge in [0.1, 0.15) is 5.69 Å². The van der Waals surface area contributed by atoms with Crippen LogP contribution in [0.15, 0.2) is 30.5 Å². The molecule has 0 radical (unpaired) electrons. The molecule has 2 N–H and O–H groups in total. The lowest BCUT2D eigenvalue weighted by Gasteiger charge is -2.06. The first-order valence-corrected chi connectivity index (χ1v) is 6.12. The van der Waals surface area contributed by atoms with E-state index >= 15 is 0 Å². The van der Waals surface area contributed by atoms with E-state index in [1.807, 2.05) is 6.92 Å². The van der Waals surface area contributed by atoms with Crippen molar-refractivity contribution in [2.75, 3.05) is 6.54 Å². The fraction of sp³-hybridized carbons (Fsp3) is 0.308. The smallest absolute Gasteiger partial charge is 0.294 e. The molecule has 0 spiro atoms. The van der Waals surface area contributed by atoms with Crippen LogP contribution in [0.1, 0.15) is 17.7 Å². The summed E-state index contributed by atoms with van der Waals surface area (Å²) in [7, 11) is 0. The van der Waals surface area contributed by atoms with Crippen LogP contribution in [0.25, 0.3) is 5.69 Å². The lowest BCUT2D eigenvalue weighted by atomic mass is 10.1. The van der Waals surface area contributed by atoms with E-state index in [1.54, 1.807) is 29.1 Å². The van der Waals surface area contributed by atoms with Crippen molar-refractivity contribution in [2.24, 2.45) is 5.73 Å². The van der Waals surface area contributed by atoms with Crippen LogP contribution < -0.4 is 5.73 Å². The number of aromatic nitrogens is 2. The molecule has 0 saturated heterocycles. The Labute approximate surface area is 111 Å². The zero-order valence-corrected chi connectivity index (χ0v) is 10.7. The largest absolute Gasteiger partial charge is 0.330 e. The molecule has 1 aromatic heterocycles. The highest BCUT2D eigenvalue weighted by Gasteiger charge is 2.17. The summed E-state index contributed by atoms with van der Waals surface area (Å²) < 4.78 is 1.62. The molecule has 0 atom stereocenters. The summed E-state index contributed by atoms with van der Waals surface area (Å²) in [5.74, 6) is 0. The van der Waals surface area contributed by atoms with Gasteiger partial charge in [0.05, 0.1) is 11.1 Å². The van der Waals surface area contributed by atoms with Crippen LogP contribution >= 0.6 is 0 Å². The van der Waals surface area contributed by atoms with Crippen molar-refractivity contribution in [1.29, 1.82) is 0 Å². The van der Waals surface area contributed by atoms with Crippen LogP contribution in [-0.2, 0) is 6.42 Å². The second-order valence-electron chi connectivity index (χ2n) is 4.31. The van der Waals surface area contributed by atoms with Crippen molar-refractivity contribution < 1.29 is 4.92 Å². The molecule has 0 unspecified atom stereocenters. The first-order chi connectivity index (χ1) is 9.15. The SMILES string of the molecule is Cc1c(CCCN)cnn1-c1ccccc1[N+](=O)[O-]. The number of benzene rings is 1. The average Bonchev–Trinajstić information content (AvgIpc) is 2.77. The van der Waals surface area contributed by atoms with E-state index in [2.05, 4.69) is 5.10 Å². The lowest BCUT2D eigenvalue weighted by Crippen LogP contribution is -2.04. The van der Waals surface area contributed by atoms with Gasteiger partial charge in [-0.3, -0.25) is 10.1 Å². The Morgan fingerprint density at radius 1 is 1.42 bits per heavy atom. The van der Waals surface area contributed by atoms with Crippen LogP contribution in [0.2, 0.25) is 0 Å². The zero-order valence-electron chi connectivity index (χ0n) is 10.7. The molecule has 2 rings (SSSR count). The van der Waals surface area contributed by atoms with E-state index < -0.39 is 4.92 Å². The Kier molecular flexibility index (Phi) is 3.91. The van der Waals surface area contributed by atoms with Gasteiger partial charge in [-0.25, -0.2) is 4.68 Å². The van der Waals surface area contributed by atoms with E-state index in [-0.39, 0.29) is 5.69 Å². The van der Waals surface area contributed by atoms with Crippen LogP contribution in [0.3, 0.4) is 0 Å². The van der Waals surface area contributed by atoms with Gasteiger partial charge in [0.15, 0.2) is 0 Å². The molecular weight excluding hydrogens is 244 g/mol. The molecule has 0 aliphatic carbocycles. The first kappa shape index (κ1) is 13.2. The van der Waals surface area contributed by atoms with Gasteiger partial charge in [-0.1, -0.05) is 12.1 Å². The third-order valence-corrected chi connectivity index (χ3v) is 3.07. The summed E-state index contributed by atoms with van der Waals surface area (Å²) in [6, 6.07) is 6.60. The molecule has 0 bridgehead atoms. The number of nitro benzene ring substituents is 1. The van der Waals surface area contributed by atoms with E-state index in [0.29, 0.717) is 12.2 Å². The van der Waals surface area contributed by atoms with Crippen molar-refractivity contribution in [3.05, 3.63) is 51.8 Å². The van der Waals surface area contributed by atoms with Gasteiger partial charge in [-0.15, -0.1) is 0 Å². The van der Waals surface area contributed by atoms with E-state index in [1.165, 1.54) is 6.07 Å². The molecule has 0 amide bonds. The minimum Gasteiger partial charge on any atom is -0.330 e. The first-order valence-electron chi connectivity index (χ1n) is 6.12. The third-order valence-electron chi connectivity index (χ3n) is 3.07. The van der Waals surface area contributed by atoms with E-state index in [4.69, 9.17) is 5.73 Å². The predicted octanol–water partition coefficient (Wildman–Crippen LogP) is 1.98. The molecule has 1 aromatic carbocycles. The Bertz CT molecular complexity index is 592. The lowest BCUT2D eigenvalue weighted by molar-refractivity contribution is -0.384. The summed E-state index contributed by atoms with van der Waals surface area (Å²) in [6.07, 6.45) is 3.47. The highest BCUT2D eigenvalue weighted by Crippen LogP contribution is 2.24. The molecule has 1 heterocycles. The fourth-order valence-corrected chi connectivity index (χ4v) is 2.02. The standard InChI is InChI=1S/C13H16N4O2/c1-10-11(5-4-8-14)9-15-16(10)12-6-2-3-7-13(12)17(18)19/h2-3,6-7,9H,4-5,8,14H2,1H3. The predicted molar refractivity (Wildman–Crippen MR) is 72.3 cm³/mol. The van der Waals surface area contributed by atoms with Crippen LogP contribution in [-0.4, -0.2) is 21.2 Å². The van der Waals surface area contributed by atoms with E-state index in [9.17, 15) is 10.1 Å². The Hall–Kier alpha value is -2.21. The van der Waals surface area contributed by atoms with Crippen LogP contribution in [0.4, 0.5) is 5.69 Å². The van der Waals surface area contributed by atoms with Gasteiger partial charge in [0.25, 0.3) is 5.69 Å². The molecule has 2 aromatic rings. The molecular formula is C13H16N4O2. The van der Waals surface area contributed by atoms with Gasteiger partial charge in [0, 0.05) is 11.8 Å². The van der Waals surface area contributed by atoms with Crippen molar-refractivity contribution in [3.63, 3.8) is 0 Å². The summed E-state index contributed by atoms with van der Waals surface area (Å²) in [4.78, 5) is 10.6. The third kappa shape index (κ3) is 2.63. The number of nitrogens with two attached hydrogens (primary N) is 1. The molecule has 19 heavy (non-hydrogen) atoms. The van der Waals surface area contributed by atoms with Crippen LogP contribution in [0.5, 0.6) is 0 Å². The minimum atomic E-state index is -0.393. The molecule has 0 aliphatic rings. The quantitative estimate of drug-likeness (QED) is 0.657. The van der Waals surface area contributed by atoms with Crippen LogP contribution in [0, 0.1) is 17.0 Å². The molecule has 6 heteroatoms. The summed E-state index contributed by atoms with van der Waals surface area (Å²) in [5, 5.41) is 15.3. The van der Waals surface area contributed by atoms with Gasteiger partial charge in [-0.05, 0) is 37.9 Å². The number of rotatable bonds is 5. The van der Waals surface area contributed by atoms with Gasteiger partial charge in [-0.2, -0.15) is 5.10 Å². The van der Waals surface area contributed by atoms with Crippen molar-refractivity contribution in [1.82, 2.24) is 9.78 Å². The average molecular weight is 260 g/mol. The highest BCUT2D eigenvalue weighted by atomic mass is 16.6. The summed E-state index contributed by atoms with van der Waals surface area (Å²) in [6.45, 7) is 2.53. The number of hydrogen-bond donors (Lipinski definition) is 1. The van der Waals surface area contributed by atoms with Crippen molar-refractivity contribution in [3.8, 4) is 5.69 Å². The Morgan fingerprint density at radius 2 is 2.16 bits per heavy atom. The minimum absolute atomic E-state index is 0.0547. The molecule has 100 valence electrons. The van der Waals surface area contributed by atoms with Gasteiger partial charge < -0.3 is 5.73 Å². The second kappa shape index (κ2) is 5.62. The Morgan fingerprint density at radius 3 is 2.84 bits per heavy atom. The normalized spacial score (nSPS) is 10.6. The number of para-hydroxylation sites is 2. The maximum Gasteiger partial charge on any atom is 0.294 e. The summed E-state index contributed by atoms with van der Waals surface area (Å²) in [5.41, 5.74) is 8.03. The number of nitro groups is 1. The number of hydrogen-bond acceptors (Lipinski definition) is 4. The number of aryl methyl sites for hydroxylation is 1. The van der Waals surface area contributed by atoms with Crippen molar-refractivity contribution in [2.45, 2.75) is 19.8 Å². The topological polar surface area (TPSA) is 87.0 Å². The molecule has 0 aliphatic heterocycles. The maximum absolute atomic E-state index is 11.0. The highest BCUT2D eigenvalue weighted by molar-refractivity contribution is 5.52. The van der Waals surface area contributed by atoms with E-state index in [0.717, 1.165) is 24.1 Å². The monoisotopic (exact) mass is 260 g/mol. The number of nitrogens with zero attached hydrogens (tertiary/aromatic N) is 3. The summed E-state index contributed by atoms with van der Waals surface area (Å²) >= 11 is 0. The van der Waals surface area contributed by atoms with Crippen molar-refractivity contribution >= 4 is 5.69 Å². The fourth-order valence-electron chi connectivity index (χ4n) is 2.02. The Balaban J connectivity index is 2.43. The second-order valence-corrected chi connectivity index (χ2v) is 4.31. The maximum atomic E-state index is 11.0. The zero-order chi connectivity index (χ0) is 13.8. The molecule has 0 saturated carbocycles. The molecule has 0 fully saturated rings. The van der Waals surface area contributed by atoms with Gasteiger partial charge >= 0.3 is 0 Å². The molecule has 6 nitrogen and oxygen atoms in total.